The Balaban J connectivity index is 1.14. The SMILES string of the molecule is Cc1ncc(CC(=O)CC2CCC(CCN3CCc4nc(OC(C)C(F)(F)F)sc4CC3)CC2)o1. The summed E-state index contributed by atoms with van der Waals surface area (Å²) in [6.07, 6.45) is 3.61. The van der Waals surface area contributed by atoms with E-state index >= 15 is 0 Å². The average Bonchev–Trinajstić information content (AvgIpc) is 3.33. The van der Waals surface area contributed by atoms with Crippen molar-refractivity contribution < 1.29 is 27.1 Å². The Morgan fingerprint density at radius 3 is 2.63 bits per heavy atom. The number of rotatable bonds is 9. The summed E-state index contributed by atoms with van der Waals surface area (Å²) in [5, 5.41) is 0.124. The highest BCUT2D eigenvalue weighted by Crippen LogP contribution is 2.34. The minimum absolute atomic E-state index is 0.124. The molecule has 0 N–H and O–H groups in total. The second-order valence-corrected chi connectivity index (χ2v) is 11.0. The number of oxazole rings is 1. The standard InChI is InChI=1S/C25H34F3N3O3S/c1-16(25(26,27)28)33-24-30-22-8-11-31(12-9-23(22)35-24)10-7-18-3-5-19(6-4-18)13-20(32)14-21-15-29-17(2)34-21/h15-16,18-19H,3-14H2,1-2H3. The van der Waals surface area contributed by atoms with Gasteiger partial charge < -0.3 is 14.1 Å². The van der Waals surface area contributed by atoms with Crippen LogP contribution in [0.4, 0.5) is 13.2 Å². The van der Waals surface area contributed by atoms with Gasteiger partial charge in [0, 0.05) is 37.7 Å². The molecule has 1 saturated carbocycles. The topological polar surface area (TPSA) is 68.5 Å². The van der Waals surface area contributed by atoms with Gasteiger partial charge in [0.05, 0.1) is 18.3 Å². The Morgan fingerprint density at radius 1 is 1.23 bits per heavy atom. The molecule has 3 heterocycles. The van der Waals surface area contributed by atoms with Crippen LogP contribution in [0.2, 0.25) is 0 Å². The van der Waals surface area contributed by atoms with Gasteiger partial charge in [0.25, 0.3) is 5.19 Å². The molecule has 0 spiro atoms. The van der Waals surface area contributed by atoms with Crippen LogP contribution in [-0.4, -0.2) is 52.6 Å². The Morgan fingerprint density at radius 2 is 1.94 bits per heavy atom. The van der Waals surface area contributed by atoms with Gasteiger partial charge in [-0.05, 0) is 51.0 Å². The van der Waals surface area contributed by atoms with Gasteiger partial charge in [-0.1, -0.05) is 24.2 Å². The molecule has 2 aromatic rings. The lowest BCUT2D eigenvalue weighted by molar-refractivity contribution is -0.189. The number of nitrogens with zero attached hydrogens (tertiary/aromatic N) is 3. The van der Waals surface area contributed by atoms with Gasteiger partial charge in [0.2, 0.25) is 0 Å². The van der Waals surface area contributed by atoms with Gasteiger partial charge in [-0.3, -0.25) is 4.79 Å². The minimum atomic E-state index is -4.38. The van der Waals surface area contributed by atoms with Crippen molar-refractivity contribution in [1.29, 1.82) is 0 Å². The van der Waals surface area contributed by atoms with Crippen molar-refractivity contribution in [3.05, 3.63) is 28.4 Å². The minimum Gasteiger partial charge on any atom is -0.457 e. The molecule has 194 valence electrons. The van der Waals surface area contributed by atoms with E-state index in [1.807, 2.05) is 0 Å². The van der Waals surface area contributed by atoms with Crippen molar-refractivity contribution in [3.63, 3.8) is 0 Å². The number of thiazole rings is 1. The Kier molecular flexibility index (Phi) is 8.52. The van der Waals surface area contributed by atoms with E-state index in [4.69, 9.17) is 9.15 Å². The van der Waals surface area contributed by atoms with Gasteiger partial charge in [-0.25, -0.2) is 9.97 Å². The first-order valence-corrected chi connectivity index (χ1v) is 13.3. The highest BCUT2D eigenvalue weighted by Gasteiger charge is 2.39. The number of aryl methyl sites for hydroxylation is 1. The maximum atomic E-state index is 12.8. The highest BCUT2D eigenvalue weighted by atomic mass is 32.1. The summed E-state index contributed by atoms with van der Waals surface area (Å²) >= 11 is 1.25. The van der Waals surface area contributed by atoms with Gasteiger partial charge in [-0.15, -0.1) is 0 Å². The lowest BCUT2D eigenvalue weighted by Crippen LogP contribution is -2.31. The molecule has 2 aliphatic rings. The summed E-state index contributed by atoms with van der Waals surface area (Å²) in [5.74, 6) is 2.65. The molecule has 1 unspecified atom stereocenters. The molecule has 0 radical (unpaired) electrons. The molecular weight excluding hydrogens is 479 g/mol. The molecule has 0 bridgehead atoms. The number of carbonyl (C=O) groups is 1. The van der Waals surface area contributed by atoms with Crippen molar-refractivity contribution >= 4 is 17.1 Å². The molecule has 4 rings (SSSR count). The van der Waals surface area contributed by atoms with E-state index < -0.39 is 12.3 Å². The number of ketones is 1. The molecule has 6 nitrogen and oxygen atoms in total. The predicted octanol–water partition coefficient (Wildman–Crippen LogP) is 5.57. The fraction of sp³-hybridized carbons (Fsp3) is 0.720. The molecule has 1 atom stereocenters. The van der Waals surface area contributed by atoms with Crippen molar-refractivity contribution in [1.82, 2.24) is 14.9 Å². The molecule has 10 heteroatoms. The maximum Gasteiger partial charge on any atom is 0.425 e. The number of hydrogen-bond donors (Lipinski definition) is 0. The van der Waals surface area contributed by atoms with Gasteiger partial charge in [0.1, 0.15) is 11.5 Å². The van der Waals surface area contributed by atoms with E-state index in [0.717, 1.165) is 69.2 Å². The van der Waals surface area contributed by atoms with E-state index in [2.05, 4.69) is 14.9 Å². The molecule has 0 amide bonds. The molecule has 0 aromatic carbocycles. The Bertz CT molecular complexity index is 957. The molecule has 0 saturated heterocycles. The molecule has 1 aliphatic heterocycles. The summed E-state index contributed by atoms with van der Waals surface area (Å²) < 4.78 is 48.7. The fourth-order valence-electron chi connectivity index (χ4n) is 5.04. The Hall–Kier alpha value is -1.94. The van der Waals surface area contributed by atoms with Crippen molar-refractivity contribution in [2.75, 3.05) is 19.6 Å². The number of aromatic nitrogens is 2. The first-order chi connectivity index (χ1) is 16.7. The number of carbonyl (C=O) groups excluding carboxylic acids is 1. The smallest absolute Gasteiger partial charge is 0.425 e. The Labute approximate surface area is 208 Å². The van der Waals surface area contributed by atoms with Crippen molar-refractivity contribution in [2.45, 2.75) is 83.9 Å². The highest BCUT2D eigenvalue weighted by molar-refractivity contribution is 7.13. The zero-order valence-corrected chi connectivity index (χ0v) is 21.2. The number of alkyl halides is 3. The van der Waals surface area contributed by atoms with Crippen LogP contribution in [-0.2, 0) is 24.1 Å². The van der Waals surface area contributed by atoms with Crippen LogP contribution in [0.3, 0.4) is 0 Å². The monoisotopic (exact) mass is 513 g/mol. The molecule has 1 aliphatic carbocycles. The summed E-state index contributed by atoms with van der Waals surface area (Å²) in [4.78, 5) is 24.3. The lowest BCUT2D eigenvalue weighted by Gasteiger charge is -2.30. The summed E-state index contributed by atoms with van der Waals surface area (Å²) in [6, 6.07) is 0. The van der Waals surface area contributed by atoms with E-state index in [9.17, 15) is 18.0 Å². The molecule has 1 fully saturated rings. The number of fused-ring (bicyclic) bond motifs is 1. The predicted molar refractivity (Wildman–Crippen MR) is 127 cm³/mol. The third-order valence-electron chi connectivity index (χ3n) is 7.19. The second-order valence-electron chi connectivity index (χ2n) is 9.93. The van der Waals surface area contributed by atoms with Crippen LogP contribution in [0, 0.1) is 18.8 Å². The number of Topliss-reactive ketones (excluding diaryl/α,β-unsaturated/α-hetero) is 1. The zero-order chi connectivity index (χ0) is 25.0. The largest absolute Gasteiger partial charge is 0.457 e. The average molecular weight is 514 g/mol. The molecule has 2 aromatic heterocycles. The van der Waals surface area contributed by atoms with Crippen LogP contribution in [0.15, 0.2) is 10.6 Å². The summed E-state index contributed by atoms with van der Waals surface area (Å²) in [5.41, 5.74) is 0.882. The first kappa shape index (κ1) is 26.1. The lowest BCUT2D eigenvalue weighted by atomic mass is 9.78. The number of halogens is 3. The third-order valence-corrected chi connectivity index (χ3v) is 8.24. The summed E-state index contributed by atoms with van der Waals surface area (Å²) in [6.45, 7) is 5.59. The van der Waals surface area contributed by atoms with Crippen molar-refractivity contribution in [3.8, 4) is 5.19 Å². The van der Waals surface area contributed by atoms with E-state index in [1.165, 1.54) is 24.2 Å². The number of hydrogen-bond acceptors (Lipinski definition) is 7. The third kappa shape index (κ3) is 7.52. The van der Waals surface area contributed by atoms with E-state index in [1.54, 1.807) is 13.1 Å². The van der Waals surface area contributed by atoms with E-state index in [0.29, 0.717) is 36.3 Å². The van der Waals surface area contributed by atoms with Crippen LogP contribution >= 0.6 is 11.3 Å². The molecule has 35 heavy (non-hydrogen) atoms. The van der Waals surface area contributed by atoms with Crippen LogP contribution < -0.4 is 4.74 Å². The first-order valence-electron chi connectivity index (χ1n) is 12.5. The fourth-order valence-corrected chi connectivity index (χ4v) is 6.06. The summed E-state index contributed by atoms with van der Waals surface area (Å²) in [7, 11) is 0. The van der Waals surface area contributed by atoms with Gasteiger partial charge in [0.15, 0.2) is 12.0 Å². The number of ether oxygens (including phenoxy) is 1. The normalized spacial score (nSPS) is 22.4. The van der Waals surface area contributed by atoms with Crippen LogP contribution in [0.1, 0.15) is 67.7 Å². The van der Waals surface area contributed by atoms with Crippen molar-refractivity contribution in [2.24, 2.45) is 11.8 Å². The zero-order valence-electron chi connectivity index (χ0n) is 20.4. The van der Waals surface area contributed by atoms with Gasteiger partial charge >= 0.3 is 6.18 Å². The molecular formula is C25H34F3N3O3S. The van der Waals surface area contributed by atoms with Crippen LogP contribution in [0.25, 0.3) is 0 Å². The second kappa shape index (κ2) is 11.4. The van der Waals surface area contributed by atoms with Crippen LogP contribution in [0.5, 0.6) is 5.19 Å². The maximum absolute atomic E-state index is 12.8. The van der Waals surface area contributed by atoms with E-state index in [-0.39, 0.29) is 11.0 Å². The quantitative estimate of drug-likeness (QED) is 0.437. The van der Waals surface area contributed by atoms with Gasteiger partial charge in [-0.2, -0.15) is 13.2 Å².